The Hall–Kier alpha value is -1.30. The molecule has 6 nitrogen and oxygen atoms in total. The van der Waals surface area contributed by atoms with E-state index in [4.69, 9.17) is 10.8 Å². The van der Waals surface area contributed by atoms with Crippen LogP contribution in [0.3, 0.4) is 0 Å². The molecule has 0 bridgehead atoms. The van der Waals surface area contributed by atoms with Crippen molar-refractivity contribution in [2.45, 2.75) is 50.6 Å². The number of carbonyl (C=O) groups excluding carboxylic acids is 1. The van der Waals surface area contributed by atoms with Gasteiger partial charge in [0.05, 0.1) is 0 Å². The van der Waals surface area contributed by atoms with Crippen LogP contribution in [-0.2, 0) is 4.79 Å². The minimum absolute atomic E-state index is 0.00217. The van der Waals surface area contributed by atoms with Gasteiger partial charge in [0.15, 0.2) is 0 Å². The van der Waals surface area contributed by atoms with Gasteiger partial charge in [0.2, 0.25) is 0 Å². The van der Waals surface area contributed by atoms with Gasteiger partial charge in [-0.05, 0) is 25.2 Å². The van der Waals surface area contributed by atoms with E-state index in [1.54, 1.807) is 4.90 Å². The van der Waals surface area contributed by atoms with Crippen LogP contribution in [0.1, 0.15) is 38.5 Å². The third-order valence-corrected chi connectivity index (χ3v) is 4.14. The minimum Gasteiger partial charge on any atom is -0.481 e. The fraction of sp³-hybridized carbons (Fsp3) is 0.846. The highest BCUT2D eigenvalue weighted by Crippen LogP contribution is 2.23. The molecule has 1 aliphatic heterocycles. The molecule has 0 aromatic carbocycles. The maximum absolute atomic E-state index is 11.3. The number of nitrogens with zero attached hydrogens (tertiary/aromatic N) is 1. The second-order valence-corrected chi connectivity index (χ2v) is 5.79. The minimum atomic E-state index is -0.809. The molecule has 0 aromatic heterocycles. The molecule has 2 amide bonds. The number of nitrogens with one attached hydrogen (secondary N) is 1. The van der Waals surface area contributed by atoms with Gasteiger partial charge in [-0.1, -0.05) is 12.8 Å². The number of hydrogen-bond acceptors (Lipinski definition) is 3. The molecule has 19 heavy (non-hydrogen) atoms. The van der Waals surface area contributed by atoms with Crippen molar-refractivity contribution in [1.82, 2.24) is 10.2 Å². The fourth-order valence-electron chi connectivity index (χ4n) is 3.33. The van der Waals surface area contributed by atoms with Gasteiger partial charge in [0.1, 0.15) is 0 Å². The number of amides is 2. The topological polar surface area (TPSA) is 95.7 Å². The number of likely N-dealkylation sites (tertiary alicyclic amines) is 1. The number of nitrogens with two attached hydrogens (primary N) is 1. The second kappa shape index (κ2) is 6.23. The van der Waals surface area contributed by atoms with E-state index < -0.39 is 12.0 Å². The number of urea groups is 1. The predicted octanol–water partition coefficient (Wildman–Crippen LogP) is 0.762. The lowest BCUT2D eigenvalue weighted by Gasteiger charge is -2.38. The first kappa shape index (κ1) is 14.1. The summed E-state index contributed by atoms with van der Waals surface area (Å²) in [7, 11) is 0. The first-order valence-electron chi connectivity index (χ1n) is 7.07. The average molecular weight is 269 g/mol. The Labute approximate surface area is 113 Å². The highest BCUT2D eigenvalue weighted by molar-refractivity contribution is 5.72. The third-order valence-electron chi connectivity index (χ3n) is 4.14. The number of primary amides is 1. The molecule has 2 unspecified atom stereocenters. The van der Waals surface area contributed by atoms with Crippen LogP contribution in [0.5, 0.6) is 0 Å². The summed E-state index contributed by atoms with van der Waals surface area (Å²) in [6, 6.07) is 0.241. The SMILES string of the molecule is NC(=O)N1CC(CC(=O)O)CC(NC2CCCC2)C1. The molecule has 1 saturated heterocycles. The van der Waals surface area contributed by atoms with Gasteiger partial charge in [-0.2, -0.15) is 0 Å². The number of hydrogen-bond donors (Lipinski definition) is 3. The van der Waals surface area contributed by atoms with E-state index in [0.717, 1.165) is 6.42 Å². The lowest BCUT2D eigenvalue weighted by molar-refractivity contribution is -0.138. The van der Waals surface area contributed by atoms with Gasteiger partial charge >= 0.3 is 12.0 Å². The molecule has 2 atom stereocenters. The Balaban J connectivity index is 1.92. The van der Waals surface area contributed by atoms with Crippen molar-refractivity contribution in [2.75, 3.05) is 13.1 Å². The predicted molar refractivity (Wildman–Crippen MR) is 70.7 cm³/mol. The van der Waals surface area contributed by atoms with Crippen LogP contribution in [0.2, 0.25) is 0 Å². The van der Waals surface area contributed by atoms with Crippen molar-refractivity contribution in [3.05, 3.63) is 0 Å². The molecule has 2 aliphatic rings. The first-order valence-corrected chi connectivity index (χ1v) is 7.07. The van der Waals surface area contributed by atoms with Crippen LogP contribution in [0.15, 0.2) is 0 Å². The Morgan fingerprint density at radius 1 is 1.21 bits per heavy atom. The summed E-state index contributed by atoms with van der Waals surface area (Å²) in [4.78, 5) is 23.8. The third kappa shape index (κ3) is 4.09. The van der Waals surface area contributed by atoms with Crippen molar-refractivity contribution >= 4 is 12.0 Å². The highest BCUT2D eigenvalue weighted by Gasteiger charge is 2.31. The van der Waals surface area contributed by atoms with Crippen LogP contribution >= 0.6 is 0 Å². The largest absolute Gasteiger partial charge is 0.481 e. The van der Waals surface area contributed by atoms with Gasteiger partial charge in [0, 0.05) is 31.6 Å². The molecule has 6 heteroatoms. The van der Waals surface area contributed by atoms with Crippen LogP contribution in [-0.4, -0.2) is 47.2 Å². The Bertz CT molecular complexity index is 342. The lowest BCUT2D eigenvalue weighted by atomic mass is 9.91. The van der Waals surface area contributed by atoms with Gasteiger partial charge in [-0.3, -0.25) is 4.79 Å². The molecule has 0 radical (unpaired) electrons. The van der Waals surface area contributed by atoms with E-state index >= 15 is 0 Å². The molecule has 1 aliphatic carbocycles. The smallest absolute Gasteiger partial charge is 0.314 e. The molecule has 2 rings (SSSR count). The zero-order chi connectivity index (χ0) is 13.8. The van der Waals surface area contributed by atoms with Gasteiger partial charge in [-0.15, -0.1) is 0 Å². The van der Waals surface area contributed by atoms with Gasteiger partial charge in [0.25, 0.3) is 0 Å². The van der Waals surface area contributed by atoms with Crippen LogP contribution in [0.25, 0.3) is 0 Å². The second-order valence-electron chi connectivity index (χ2n) is 5.79. The van der Waals surface area contributed by atoms with Crippen LogP contribution < -0.4 is 11.1 Å². The first-order chi connectivity index (χ1) is 9.04. The van der Waals surface area contributed by atoms with Crippen LogP contribution in [0, 0.1) is 5.92 Å². The number of carboxylic acids is 1. The summed E-state index contributed by atoms with van der Waals surface area (Å²) >= 11 is 0. The summed E-state index contributed by atoms with van der Waals surface area (Å²) in [5.41, 5.74) is 5.34. The van der Waals surface area contributed by atoms with Crippen molar-refractivity contribution in [3.63, 3.8) is 0 Å². The molecule has 0 aromatic rings. The number of carboxylic acid groups (broad SMARTS) is 1. The Kier molecular flexibility index (Phi) is 4.63. The zero-order valence-electron chi connectivity index (χ0n) is 11.2. The van der Waals surface area contributed by atoms with Gasteiger partial charge < -0.3 is 21.1 Å². The molecular formula is C13H23N3O3. The number of piperidine rings is 1. The van der Waals surface area contributed by atoms with E-state index in [9.17, 15) is 9.59 Å². The number of carbonyl (C=O) groups is 2. The maximum atomic E-state index is 11.3. The summed E-state index contributed by atoms with van der Waals surface area (Å²) in [5, 5.41) is 12.5. The monoisotopic (exact) mass is 269 g/mol. The lowest BCUT2D eigenvalue weighted by Crippen LogP contribution is -2.54. The van der Waals surface area contributed by atoms with Crippen molar-refractivity contribution < 1.29 is 14.7 Å². The summed E-state index contributed by atoms with van der Waals surface area (Å²) in [6.45, 7) is 1.06. The molecule has 4 N–H and O–H groups in total. The zero-order valence-corrected chi connectivity index (χ0v) is 11.2. The molecule has 1 heterocycles. The summed E-state index contributed by atoms with van der Waals surface area (Å²) in [5.74, 6) is -0.811. The Morgan fingerprint density at radius 2 is 1.89 bits per heavy atom. The molecule has 0 spiro atoms. The maximum Gasteiger partial charge on any atom is 0.314 e. The van der Waals surface area contributed by atoms with E-state index in [1.807, 2.05) is 0 Å². The van der Waals surface area contributed by atoms with E-state index in [1.165, 1.54) is 25.7 Å². The van der Waals surface area contributed by atoms with Crippen LogP contribution in [0.4, 0.5) is 4.79 Å². The highest BCUT2D eigenvalue weighted by atomic mass is 16.4. The standard InChI is InChI=1S/C13H23N3O3/c14-13(19)16-7-9(6-12(17)18)5-11(8-16)15-10-3-1-2-4-10/h9-11,15H,1-8H2,(H2,14,19)(H,17,18). The quantitative estimate of drug-likeness (QED) is 0.702. The average Bonchev–Trinajstić information content (AvgIpc) is 2.80. The number of rotatable bonds is 4. The number of aliphatic carboxylic acids is 1. The van der Waals surface area contributed by atoms with E-state index in [2.05, 4.69) is 5.32 Å². The van der Waals surface area contributed by atoms with E-state index in [-0.39, 0.29) is 18.4 Å². The molecule has 2 fully saturated rings. The summed E-state index contributed by atoms with van der Waals surface area (Å²) in [6.07, 6.45) is 5.78. The Morgan fingerprint density at radius 3 is 2.47 bits per heavy atom. The van der Waals surface area contributed by atoms with Crippen molar-refractivity contribution in [2.24, 2.45) is 11.7 Å². The fourth-order valence-corrected chi connectivity index (χ4v) is 3.33. The van der Waals surface area contributed by atoms with Crippen molar-refractivity contribution in [1.29, 1.82) is 0 Å². The molecule has 108 valence electrons. The van der Waals surface area contributed by atoms with E-state index in [0.29, 0.717) is 19.1 Å². The van der Waals surface area contributed by atoms with Crippen molar-refractivity contribution in [3.8, 4) is 0 Å². The summed E-state index contributed by atoms with van der Waals surface area (Å²) < 4.78 is 0. The molecular weight excluding hydrogens is 246 g/mol. The van der Waals surface area contributed by atoms with Gasteiger partial charge in [-0.25, -0.2) is 4.79 Å². The normalized spacial score (nSPS) is 28.5. The molecule has 1 saturated carbocycles.